The topological polar surface area (TPSA) is 47.1 Å². The zero-order valence-electron chi connectivity index (χ0n) is 18.3. The van der Waals surface area contributed by atoms with E-state index in [-0.39, 0.29) is 18.2 Å². The lowest BCUT2D eigenvalue weighted by atomic mass is 10.1. The summed E-state index contributed by atoms with van der Waals surface area (Å²) in [5, 5.41) is 0. The third-order valence-corrected chi connectivity index (χ3v) is 4.90. The van der Waals surface area contributed by atoms with Crippen LogP contribution >= 0.6 is 0 Å². The third kappa shape index (κ3) is 6.52. The smallest absolute Gasteiger partial charge is 0.232 e. The molecule has 2 aromatic rings. The maximum Gasteiger partial charge on any atom is 0.232 e. The molecule has 6 nitrogen and oxygen atoms in total. The zero-order chi connectivity index (χ0) is 21.6. The molecular weight excluding hydrogens is 364 g/mol. The summed E-state index contributed by atoms with van der Waals surface area (Å²) >= 11 is 0. The summed E-state index contributed by atoms with van der Waals surface area (Å²) in [5.74, 6) is -0.358. The lowest BCUT2D eigenvalue weighted by Gasteiger charge is -2.21. The number of nitrogens with zero attached hydrogens (tertiary/aromatic N) is 4. The summed E-state index contributed by atoms with van der Waals surface area (Å²) in [4.78, 5) is 32.2. The van der Waals surface area contributed by atoms with Crippen LogP contribution in [0.3, 0.4) is 0 Å². The molecule has 0 fully saturated rings. The predicted octanol–water partition coefficient (Wildman–Crippen LogP) is 2.83. The van der Waals surface area contributed by atoms with Crippen molar-refractivity contribution in [2.45, 2.75) is 19.5 Å². The van der Waals surface area contributed by atoms with E-state index in [2.05, 4.69) is 0 Å². The van der Waals surface area contributed by atoms with Gasteiger partial charge in [0.2, 0.25) is 11.8 Å². The average molecular weight is 397 g/mol. The van der Waals surface area contributed by atoms with Crippen LogP contribution < -0.4 is 9.80 Å². The van der Waals surface area contributed by atoms with Crippen molar-refractivity contribution in [2.75, 3.05) is 52.1 Å². The molecule has 0 saturated heterocycles. The van der Waals surface area contributed by atoms with Gasteiger partial charge < -0.3 is 19.6 Å². The molecule has 2 rings (SSSR count). The fraction of sp³-hybridized carbons (Fsp3) is 0.391. The molecule has 2 amide bonds. The van der Waals surface area contributed by atoms with E-state index in [0.717, 1.165) is 22.5 Å². The molecule has 0 heterocycles. The van der Waals surface area contributed by atoms with Gasteiger partial charge in [-0.1, -0.05) is 24.3 Å². The maximum atomic E-state index is 12.5. The van der Waals surface area contributed by atoms with Gasteiger partial charge in [0.15, 0.2) is 0 Å². The Morgan fingerprint density at radius 2 is 0.897 bits per heavy atom. The van der Waals surface area contributed by atoms with Gasteiger partial charge in [-0.3, -0.25) is 9.59 Å². The molecule has 0 aliphatic rings. The van der Waals surface area contributed by atoms with Crippen LogP contribution in [0, 0.1) is 0 Å². The Balaban J connectivity index is 1.87. The molecular formula is C23H32N4O2. The van der Waals surface area contributed by atoms with Crippen molar-refractivity contribution in [1.82, 2.24) is 9.80 Å². The van der Waals surface area contributed by atoms with Crippen molar-refractivity contribution < 1.29 is 9.59 Å². The fourth-order valence-electron chi connectivity index (χ4n) is 2.92. The predicted molar refractivity (Wildman–Crippen MR) is 119 cm³/mol. The van der Waals surface area contributed by atoms with Crippen molar-refractivity contribution in [1.29, 1.82) is 0 Å². The lowest BCUT2D eigenvalue weighted by Crippen LogP contribution is -2.34. The molecule has 0 aliphatic heterocycles. The first-order chi connectivity index (χ1) is 13.7. The van der Waals surface area contributed by atoms with Gasteiger partial charge >= 0.3 is 0 Å². The van der Waals surface area contributed by atoms with E-state index >= 15 is 0 Å². The molecule has 156 valence electrons. The number of hydrogen-bond acceptors (Lipinski definition) is 4. The Morgan fingerprint density at radius 3 is 1.17 bits per heavy atom. The van der Waals surface area contributed by atoms with E-state index in [1.54, 1.807) is 23.9 Å². The molecule has 0 atom stereocenters. The molecule has 0 unspecified atom stereocenters. The molecule has 0 radical (unpaired) electrons. The molecule has 6 heteroatoms. The number of rotatable bonds is 8. The average Bonchev–Trinajstić information content (AvgIpc) is 2.68. The Labute approximate surface area is 174 Å². The zero-order valence-corrected chi connectivity index (χ0v) is 18.3. The molecule has 0 saturated carbocycles. The summed E-state index contributed by atoms with van der Waals surface area (Å²) in [6.07, 6.45) is -0.126. The number of carbonyl (C=O) groups is 2. The Morgan fingerprint density at radius 1 is 0.586 bits per heavy atom. The second-order valence-corrected chi connectivity index (χ2v) is 7.80. The van der Waals surface area contributed by atoms with Gasteiger partial charge in [-0.25, -0.2) is 0 Å². The van der Waals surface area contributed by atoms with Gasteiger partial charge in [0, 0.05) is 66.8 Å². The highest BCUT2D eigenvalue weighted by Crippen LogP contribution is 2.15. The van der Waals surface area contributed by atoms with Gasteiger partial charge in [-0.2, -0.15) is 0 Å². The summed E-state index contributed by atoms with van der Waals surface area (Å²) < 4.78 is 0. The van der Waals surface area contributed by atoms with E-state index in [4.69, 9.17) is 0 Å². The van der Waals surface area contributed by atoms with Gasteiger partial charge in [0.1, 0.15) is 6.42 Å². The van der Waals surface area contributed by atoms with Crippen LogP contribution in [0.25, 0.3) is 0 Å². The second kappa shape index (κ2) is 9.96. The molecule has 0 spiro atoms. The Kier molecular flexibility index (Phi) is 7.65. The third-order valence-electron chi connectivity index (χ3n) is 4.90. The minimum Gasteiger partial charge on any atom is -0.378 e. The minimum absolute atomic E-state index is 0.126. The second-order valence-electron chi connectivity index (χ2n) is 7.80. The van der Waals surface area contributed by atoms with Gasteiger partial charge in [0.25, 0.3) is 0 Å². The molecule has 2 aromatic carbocycles. The van der Waals surface area contributed by atoms with E-state index in [1.165, 1.54) is 0 Å². The van der Waals surface area contributed by atoms with Crippen LogP contribution in [0.5, 0.6) is 0 Å². The van der Waals surface area contributed by atoms with Crippen molar-refractivity contribution in [3.8, 4) is 0 Å². The Bertz CT molecular complexity index is 744. The lowest BCUT2D eigenvalue weighted by molar-refractivity contribution is -0.139. The highest BCUT2D eigenvalue weighted by atomic mass is 16.2. The van der Waals surface area contributed by atoms with Crippen molar-refractivity contribution >= 4 is 23.2 Å². The van der Waals surface area contributed by atoms with E-state index in [9.17, 15) is 9.59 Å². The molecule has 0 aromatic heterocycles. The molecule has 29 heavy (non-hydrogen) atoms. The Hall–Kier alpha value is -3.02. The number of hydrogen-bond donors (Lipinski definition) is 0. The maximum absolute atomic E-state index is 12.5. The SMILES string of the molecule is CN(Cc1ccc(N(C)C)cc1)C(=O)CC(=O)N(C)Cc1ccc(N(C)C)cc1. The minimum atomic E-state index is -0.179. The van der Waals surface area contributed by atoms with Crippen molar-refractivity contribution in [2.24, 2.45) is 0 Å². The number of benzene rings is 2. The van der Waals surface area contributed by atoms with Crippen LogP contribution in [0.15, 0.2) is 48.5 Å². The van der Waals surface area contributed by atoms with Crippen molar-refractivity contribution in [3.05, 3.63) is 59.7 Å². The van der Waals surface area contributed by atoms with Crippen LogP contribution in [-0.4, -0.2) is 63.9 Å². The molecule has 0 N–H and O–H groups in total. The normalized spacial score (nSPS) is 10.4. The number of anilines is 2. The highest BCUT2D eigenvalue weighted by Gasteiger charge is 2.18. The fourth-order valence-corrected chi connectivity index (χ4v) is 2.92. The van der Waals surface area contributed by atoms with E-state index < -0.39 is 0 Å². The first kappa shape index (κ1) is 22.3. The molecule has 0 bridgehead atoms. The van der Waals surface area contributed by atoms with Gasteiger partial charge in [0.05, 0.1) is 0 Å². The summed E-state index contributed by atoms with van der Waals surface area (Å²) in [6, 6.07) is 16.1. The van der Waals surface area contributed by atoms with E-state index in [0.29, 0.717) is 13.1 Å². The van der Waals surface area contributed by atoms with Crippen molar-refractivity contribution in [3.63, 3.8) is 0 Å². The summed E-state index contributed by atoms with van der Waals surface area (Å²) in [7, 11) is 11.4. The van der Waals surface area contributed by atoms with Crippen LogP contribution in [-0.2, 0) is 22.7 Å². The van der Waals surface area contributed by atoms with Gasteiger partial charge in [-0.15, -0.1) is 0 Å². The van der Waals surface area contributed by atoms with E-state index in [1.807, 2.05) is 86.5 Å². The highest BCUT2D eigenvalue weighted by molar-refractivity contribution is 5.96. The monoisotopic (exact) mass is 396 g/mol. The van der Waals surface area contributed by atoms with Crippen LogP contribution in [0.1, 0.15) is 17.5 Å². The first-order valence-electron chi connectivity index (χ1n) is 9.68. The quantitative estimate of drug-likeness (QED) is 0.644. The largest absolute Gasteiger partial charge is 0.378 e. The standard InChI is InChI=1S/C23H32N4O2/c1-24(2)20-11-7-18(8-12-20)16-26(5)22(28)15-23(29)27(6)17-19-9-13-21(14-10-19)25(3)4/h7-14H,15-17H2,1-6H3. The van der Waals surface area contributed by atoms with Crippen LogP contribution in [0.4, 0.5) is 11.4 Å². The van der Waals surface area contributed by atoms with Gasteiger partial charge in [-0.05, 0) is 35.4 Å². The summed E-state index contributed by atoms with van der Waals surface area (Å²) in [6.45, 7) is 0.963. The number of carbonyl (C=O) groups excluding carboxylic acids is 2. The molecule has 0 aliphatic carbocycles. The number of amides is 2. The van der Waals surface area contributed by atoms with Crippen LogP contribution in [0.2, 0.25) is 0 Å². The summed E-state index contributed by atoms with van der Waals surface area (Å²) in [5.41, 5.74) is 4.29. The first-order valence-corrected chi connectivity index (χ1v) is 9.68.